The Balaban J connectivity index is 0.00000225. The number of piperazine rings is 1. The number of halogens is 1. The van der Waals surface area contributed by atoms with E-state index < -0.39 is 5.54 Å². The Morgan fingerprint density at radius 3 is 2.60 bits per heavy atom. The third-order valence-corrected chi connectivity index (χ3v) is 5.64. The molecule has 0 bridgehead atoms. The smallest absolute Gasteiger partial charge is 0.242 e. The summed E-state index contributed by atoms with van der Waals surface area (Å²) >= 11 is 1.76. The molecule has 1 aromatic heterocycles. The fraction of sp³-hybridized carbons (Fsp3) is 0.556. The largest absolute Gasteiger partial charge is 0.339 e. The first-order chi connectivity index (χ1) is 11.5. The van der Waals surface area contributed by atoms with Crippen molar-refractivity contribution >= 4 is 39.9 Å². The normalized spacial score (nSPS) is 18.0. The van der Waals surface area contributed by atoms with Crippen molar-refractivity contribution in [1.82, 2.24) is 14.8 Å². The van der Waals surface area contributed by atoms with Crippen LogP contribution in [0.4, 0.5) is 0 Å². The number of carbonyl (C=O) groups excluding carboxylic acids is 1. The standard InChI is InChI=1S/C18H26N4OS.ClH/c1-3-8-18(2,19)17(23)22-11-9-21(10-12-22)13-16-20-14-6-4-5-7-15(14)24-16;/h4-7H,3,8-13,19H2,1-2H3;1H. The minimum Gasteiger partial charge on any atom is -0.339 e. The molecule has 1 saturated heterocycles. The van der Waals surface area contributed by atoms with E-state index in [0.29, 0.717) is 0 Å². The van der Waals surface area contributed by atoms with E-state index >= 15 is 0 Å². The third kappa shape index (κ3) is 4.70. The van der Waals surface area contributed by atoms with Crippen LogP contribution in [0.5, 0.6) is 0 Å². The van der Waals surface area contributed by atoms with Crippen LogP contribution in [0.25, 0.3) is 10.2 Å². The summed E-state index contributed by atoms with van der Waals surface area (Å²) < 4.78 is 1.24. The van der Waals surface area contributed by atoms with Crippen molar-refractivity contribution in [1.29, 1.82) is 0 Å². The predicted molar refractivity (Wildman–Crippen MR) is 106 cm³/mol. The maximum Gasteiger partial charge on any atom is 0.242 e. The number of nitrogens with two attached hydrogens (primary N) is 1. The van der Waals surface area contributed by atoms with Crippen LogP contribution in [0, 0.1) is 0 Å². The summed E-state index contributed by atoms with van der Waals surface area (Å²) in [5.41, 5.74) is 6.53. The average Bonchev–Trinajstić information content (AvgIpc) is 2.97. The average molecular weight is 383 g/mol. The lowest BCUT2D eigenvalue weighted by molar-refractivity contribution is -0.138. The van der Waals surface area contributed by atoms with E-state index in [2.05, 4.69) is 30.0 Å². The first-order valence-corrected chi connectivity index (χ1v) is 9.46. The Bertz CT molecular complexity index is 677. The number of hydrogen-bond acceptors (Lipinski definition) is 5. The van der Waals surface area contributed by atoms with Gasteiger partial charge in [-0.15, -0.1) is 23.7 Å². The van der Waals surface area contributed by atoms with E-state index in [-0.39, 0.29) is 18.3 Å². The molecule has 2 heterocycles. The Kier molecular flexibility index (Phi) is 6.79. The van der Waals surface area contributed by atoms with Crippen LogP contribution in [0.3, 0.4) is 0 Å². The van der Waals surface area contributed by atoms with Crippen LogP contribution in [0.15, 0.2) is 24.3 Å². The van der Waals surface area contributed by atoms with Gasteiger partial charge in [-0.2, -0.15) is 0 Å². The molecular weight excluding hydrogens is 356 g/mol. The van der Waals surface area contributed by atoms with E-state index in [1.54, 1.807) is 11.3 Å². The molecule has 1 aromatic carbocycles. The first kappa shape index (κ1) is 20.1. The van der Waals surface area contributed by atoms with Crippen molar-refractivity contribution < 1.29 is 4.79 Å². The summed E-state index contributed by atoms with van der Waals surface area (Å²) in [6.45, 7) is 8.03. The van der Waals surface area contributed by atoms with Crippen LogP contribution in [0.2, 0.25) is 0 Å². The summed E-state index contributed by atoms with van der Waals surface area (Å²) in [5.74, 6) is 0.0870. The molecule has 1 aliphatic heterocycles. The molecule has 1 aliphatic rings. The maximum absolute atomic E-state index is 12.6. The van der Waals surface area contributed by atoms with Gasteiger partial charge < -0.3 is 10.6 Å². The van der Waals surface area contributed by atoms with Crippen LogP contribution in [0.1, 0.15) is 31.7 Å². The molecule has 2 N–H and O–H groups in total. The van der Waals surface area contributed by atoms with Gasteiger partial charge >= 0.3 is 0 Å². The number of nitrogens with zero attached hydrogens (tertiary/aromatic N) is 3. The van der Waals surface area contributed by atoms with E-state index in [4.69, 9.17) is 10.7 Å². The quantitative estimate of drug-likeness (QED) is 0.863. The highest BCUT2D eigenvalue weighted by Gasteiger charge is 2.33. The number of aromatic nitrogens is 1. The molecule has 0 aliphatic carbocycles. The van der Waals surface area contributed by atoms with Crippen molar-refractivity contribution in [2.24, 2.45) is 5.73 Å². The summed E-state index contributed by atoms with van der Waals surface area (Å²) in [7, 11) is 0. The van der Waals surface area contributed by atoms with Gasteiger partial charge in [-0.1, -0.05) is 25.5 Å². The van der Waals surface area contributed by atoms with Crippen LogP contribution in [-0.4, -0.2) is 52.4 Å². The molecule has 7 heteroatoms. The molecule has 3 rings (SSSR count). The highest BCUT2D eigenvalue weighted by atomic mass is 35.5. The monoisotopic (exact) mass is 382 g/mol. The lowest BCUT2D eigenvalue weighted by atomic mass is 9.95. The molecule has 1 atom stereocenters. The second-order valence-electron chi connectivity index (χ2n) is 6.81. The number of carbonyl (C=O) groups is 1. The second kappa shape index (κ2) is 8.45. The number of amides is 1. The maximum atomic E-state index is 12.6. The molecule has 1 amide bonds. The van der Waals surface area contributed by atoms with Gasteiger partial charge in [0.1, 0.15) is 5.01 Å². The van der Waals surface area contributed by atoms with Gasteiger partial charge in [0.25, 0.3) is 0 Å². The van der Waals surface area contributed by atoms with Crippen molar-refractivity contribution in [3.8, 4) is 0 Å². The lowest BCUT2D eigenvalue weighted by Crippen LogP contribution is -2.58. The van der Waals surface area contributed by atoms with E-state index in [9.17, 15) is 4.79 Å². The minimum absolute atomic E-state index is 0. The molecule has 25 heavy (non-hydrogen) atoms. The lowest BCUT2D eigenvalue weighted by Gasteiger charge is -2.38. The van der Waals surface area contributed by atoms with Crippen molar-refractivity contribution in [2.45, 2.75) is 38.8 Å². The van der Waals surface area contributed by atoms with Crippen molar-refractivity contribution in [3.63, 3.8) is 0 Å². The SMILES string of the molecule is CCCC(C)(N)C(=O)N1CCN(Cc2nc3ccccc3s2)CC1.Cl. The second-order valence-corrected chi connectivity index (χ2v) is 7.93. The van der Waals surface area contributed by atoms with Crippen LogP contribution < -0.4 is 5.73 Å². The van der Waals surface area contributed by atoms with E-state index in [1.165, 1.54) is 4.70 Å². The predicted octanol–water partition coefficient (Wildman–Crippen LogP) is 2.88. The van der Waals surface area contributed by atoms with Gasteiger partial charge in [0.2, 0.25) is 5.91 Å². The van der Waals surface area contributed by atoms with Crippen LogP contribution >= 0.6 is 23.7 Å². The van der Waals surface area contributed by atoms with Crippen LogP contribution in [-0.2, 0) is 11.3 Å². The Hall–Kier alpha value is -1.21. The zero-order chi connectivity index (χ0) is 17.2. The first-order valence-electron chi connectivity index (χ1n) is 8.64. The highest BCUT2D eigenvalue weighted by Crippen LogP contribution is 2.23. The molecule has 0 spiro atoms. The number of fused-ring (bicyclic) bond motifs is 1. The minimum atomic E-state index is -0.732. The zero-order valence-electron chi connectivity index (χ0n) is 14.9. The summed E-state index contributed by atoms with van der Waals surface area (Å²) in [6, 6.07) is 8.25. The van der Waals surface area contributed by atoms with Gasteiger partial charge in [-0.3, -0.25) is 9.69 Å². The topological polar surface area (TPSA) is 62.5 Å². The fourth-order valence-corrected chi connectivity index (χ4v) is 4.29. The number of hydrogen-bond donors (Lipinski definition) is 1. The third-order valence-electron chi connectivity index (χ3n) is 4.61. The molecule has 138 valence electrons. The van der Waals surface area contributed by atoms with E-state index in [0.717, 1.165) is 56.1 Å². The molecule has 0 saturated carbocycles. The summed E-state index contributed by atoms with van der Waals surface area (Å²) in [4.78, 5) is 21.6. The Morgan fingerprint density at radius 2 is 1.96 bits per heavy atom. The van der Waals surface area contributed by atoms with Gasteiger partial charge in [0.05, 0.1) is 22.3 Å². The van der Waals surface area contributed by atoms with Crippen molar-refractivity contribution in [3.05, 3.63) is 29.3 Å². The molecule has 0 radical (unpaired) electrons. The fourth-order valence-electron chi connectivity index (χ4n) is 3.28. The number of para-hydroxylation sites is 1. The van der Waals surface area contributed by atoms with E-state index in [1.807, 2.05) is 17.9 Å². The highest BCUT2D eigenvalue weighted by molar-refractivity contribution is 7.18. The van der Waals surface area contributed by atoms with Crippen molar-refractivity contribution in [2.75, 3.05) is 26.2 Å². The summed E-state index contributed by atoms with van der Waals surface area (Å²) in [6.07, 6.45) is 1.66. The number of thiazole rings is 1. The van der Waals surface area contributed by atoms with Gasteiger partial charge in [0, 0.05) is 26.2 Å². The molecular formula is C18H27ClN4OS. The number of rotatable bonds is 5. The van der Waals surface area contributed by atoms with Gasteiger partial charge in [-0.05, 0) is 25.5 Å². The zero-order valence-corrected chi connectivity index (χ0v) is 16.5. The molecule has 1 unspecified atom stereocenters. The summed E-state index contributed by atoms with van der Waals surface area (Å²) in [5, 5.41) is 1.14. The molecule has 5 nitrogen and oxygen atoms in total. The van der Waals surface area contributed by atoms with Gasteiger partial charge in [-0.25, -0.2) is 4.98 Å². The molecule has 2 aromatic rings. The Labute approximate surface area is 159 Å². The number of benzene rings is 1. The van der Waals surface area contributed by atoms with Gasteiger partial charge in [0.15, 0.2) is 0 Å². The Morgan fingerprint density at radius 1 is 1.28 bits per heavy atom. The molecule has 1 fully saturated rings.